The smallest absolute Gasteiger partial charge is 0.224 e. The molecule has 21 heavy (non-hydrogen) atoms. The van der Waals surface area contributed by atoms with Crippen LogP contribution in [0.3, 0.4) is 0 Å². The monoisotopic (exact) mass is 284 g/mol. The molecule has 1 aromatic heterocycles. The van der Waals surface area contributed by atoms with Crippen LogP contribution in [-0.4, -0.2) is 15.7 Å². The summed E-state index contributed by atoms with van der Waals surface area (Å²) in [4.78, 5) is 11.5. The topological polar surface area (TPSA) is 72.9 Å². The summed E-state index contributed by atoms with van der Waals surface area (Å²) in [6.07, 6.45) is 0.413. The third-order valence-electron chi connectivity index (χ3n) is 3.77. The number of nitrogen functional groups attached to an aromatic ring is 1. The van der Waals surface area contributed by atoms with Crippen LogP contribution in [0.1, 0.15) is 37.6 Å². The van der Waals surface area contributed by atoms with Gasteiger partial charge in [-0.3, -0.25) is 4.79 Å². The normalized spacial score (nSPS) is 14.7. The summed E-state index contributed by atoms with van der Waals surface area (Å²) < 4.78 is 1.74. The maximum atomic E-state index is 11.5. The van der Waals surface area contributed by atoms with E-state index in [0.717, 1.165) is 22.5 Å². The van der Waals surface area contributed by atoms with Crippen LogP contribution in [0.4, 0.5) is 5.82 Å². The minimum atomic E-state index is -0.0482. The molecule has 0 saturated heterocycles. The van der Waals surface area contributed by atoms with Crippen LogP contribution >= 0.6 is 0 Å². The van der Waals surface area contributed by atoms with E-state index in [0.29, 0.717) is 18.8 Å². The number of nitrogens with zero attached hydrogens (tertiary/aromatic N) is 2. The highest BCUT2D eigenvalue weighted by atomic mass is 16.1. The molecule has 0 saturated carbocycles. The first-order valence-electron chi connectivity index (χ1n) is 7.09. The predicted octanol–water partition coefficient (Wildman–Crippen LogP) is 1.92. The fraction of sp³-hybridized carbons (Fsp3) is 0.375. The van der Waals surface area contributed by atoms with Crippen LogP contribution in [0.5, 0.6) is 0 Å². The van der Waals surface area contributed by atoms with Crippen LogP contribution < -0.4 is 11.1 Å². The van der Waals surface area contributed by atoms with E-state index in [-0.39, 0.29) is 11.3 Å². The van der Waals surface area contributed by atoms with Gasteiger partial charge in [-0.15, -0.1) is 0 Å². The highest BCUT2D eigenvalue weighted by Crippen LogP contribution is 2.26. The first-order valence-corrected chi connectivity index (χ1v) is 7.09. The molecule has 0 aliphatic carbocycles. The van der Waals surface area contributed by atoms with E-state index in [4.69, 9.17) is 5.73 Å². The van der Waals surface area contributed by atoms with Crippen molar-refractivity contribution in [1.29, 1.82) is 0 Å². The van der Waals surface area contributed by atoms with Crippen molar-refractivity contribution in [2.75, 3.05) is 5.73 Å². The van der Waals surface area contributed by atoms with Crippen molar-refractivity contribution >= 4 is 11.7 Å². The standard InChI is InChI=1S/C16H20N4O/c1-16(2,3)13-8-14(17)20(19-13)12-5-4-10-9-18-15(21)7-11(10)6-12/h4-6,8H,7,9,17H2,1-3H3,(H,18,21). The number of carbonyl (C=O) groups excluding carboxylic acids is 1. The summed E-state index contributed by atoms with van der Waals surface area (Å²) in [6, 6.07) is 7.93. The first kappa shape index (κ1) is 13.7. The van der Waals surface area contributed by atoms with E-state index in [1.54, 1.807) is 4.68 Å². The van der Waals surface area contributed by atoms with Crippen LogP contribution in [0, 0.1) is 0 Å². The molecular weight excluding hydrogens is 264 g/mol. The molecule has 2 aromatic rings. The zero-order valence-electron chi connectivity index (χ0n) is 12.6. The quantitative estimate of drug-likeness (QED) is 0.840. The lowest BCUT2D eigenvalue weighted by molar-refractivity contribution is -0.121. The Bertz CT molecular complexity index is 710. The van der Waals surface area contributed by atoms with Crippen LogP contribution in [0.2, 0.25) is 0 Å². The van der Waals surface area contributed by atoms with Gasteiger partial charge in [0.25, 0.3) is 0 Å². The number of fused-ring (bicyclic) bond motifs is 1. The van der Waals surface area contributed by atoms with Gasteiger partial charge < -0.3 is 11.1 Å². The SMILES string of the molecule is CC(C)(C)c1cc(N)n(-c2ccc3c(c2)CC(=O)NC3)n1. The average molecular weight is 284 g/mol. The van der Waals surface area contributed by atoms with Gasteiger partial charge in [-0.05, 0) is 23.3 Å². The Kier molecular flexibility index (Phi) is 3.01. The highest BCUT2D eigenvalue weighted by molar-refractivity contribution is 5.80. The van der Waals surface area contributed by atoms with E-state index in [9.17, 15) is 4.79 Å². The second-order valence-corrected chi connectivity index (χ2v) is 6.52. The molecule has 1 aliphatic heterocycles. The molecule has 2 heterocycles. The molecule has 3 rings (SSSR count). The van der Waals surface area contributed by atoms with E-state index in [2.05, 4.69) is 31.2 Å². The number of carbonyl (C=O) groups is 1. The molecule has 1 aliphatic rings. The van der Waals surface area contributed by atoms with Gasteiger partial charge in [-0.25, -0.2) is 4.68 Å². The Labute approximate surface area is 124 Å². The lowest BCUT2D eigenvalue weighted by atomic mass is 9.92. The van der Waals surface area contributed by atoms with E-state index >= 15 is 0 Å². The number of amides is 1. The van der Waals surface area contributed by atoms with Gasteiger partial charge in [-0.1, -0.05) is 26.8 Å². The van der Waals surface area contributed by atoms with E-state index in [1.807, 2.05) is 24.3 Å². The molecule has 0 radical (unpaired) electrons. The second kappa shape index (κ2) is 4.62. The number of nitrogens with one attached hydrogen (secondary N) is 1. The molecule has 1 amide bonds. The lowest BCUT2D eigenvalue weighted by Gasteiger charge is -2.18. The van der Waals surface area contributed by atoms with Crippen molar-refractivity contribution in [3.63, 3.8) is 0 Å². The Morgan fingerprint density at radius 1 is 1.24 bits per heavy atom. The number of benzene rings is 1. The molecular formula is C16H20N4O. The molecule has 0 atom stereocenters. The van der Waals surface area contributed by atoms with Gasteiger partial charge in [-0.2, -0.15) is 5.10 Å². The molecule has 3 N–H and O–H groups in total. The van der Waals surface area contributed by atoms with Gasteiger partial charge in [0.15, 0.2) is 0 Å². The van der Waals surface area contributed by atoms with Crippen LogP contribution in [0.25, 0.3) is 5.69 Å². The van der Waals surface area contributed by atoms with Gasteiger partial charge in [0.2, 0.25) is 5.91 Å². The minimum Gasteiger partial charge on any atom is -0.384 e. The van der Waals surface area contributed by atoms with E-state index < -0.39 is 0 Å². The Morgan fingerprint density at radius 2 is 2.00 bits per heavy atom. The molecule has 5 heteroatoms. The summed E-state index contributed by atoms with van der Waals surface area (Å²) in [5.74, 6) is 0.670. The maximum absolute atomic E-state index is 11.5. The third kappa shape index (κ3) is 2.51. The fourth-order valence-electron chi connectivity index (χ4n) is 2.48. The third-order valence-corrected chi connectivity index (χ3v) is 3.77. The van der Waals surface area contributed by atoms with Gasteiger partial charge in [0.05, 0.1) is 17.8 Å². The minimum absolute atomic E-state index is 0.0482. The molecule has 0 bridgehead atoms. The summed E-state index contributed by atoms with van der Waals surface area (Å²) in [7, 11) is 0. The number of aromatic nitrogens is 2. The van der Waals surface area contributed by atoms with Crippen molar-refractivity contribution in [1.82, 2.24) is 15.1 Å². The maximum Gasteiger partial charge on any atom is 0.224 e. The van der Waals surface area contributed by atoms with Crippen LogP contribution in [0.15, 0.2) is 24.3 Å². The summed E-state index contributed by atoms with van der Waals surface area (Å²) in [5.41, 5.74) is 10.1. The molecule has 110 valence electrons. The van der Waals surface area contributed by atoms with Crippen molar-refractivity contribution in [3.8, 4) is 5.69 Å². The summed E-state index contributed by atoms with van der Waals surface area (Å²) in [6.45, 7) is 6.92. The first-order chi connectivity index (χ1) is 9.84. The molecule has 0 fully saturated rings. The predicted molar refractivity (Wildman–Crippen MR) is 82.2 cm³/mol. The fourth-order valence-corrected chi connectivity index (χ4v) is 2.48. The number of nitrogens with two attached hydrogens (primary N) is 1. The van der Waals surface area contributed by atoms with Crippen molar-refractivity contribution < 1.29 is 4.79 Å². The summed E-state index contributed by atoms with van der Waals surface area (Å²) >= 11 is 0. The van der Waals surface area contributed by atoms with Crippen molar-refractivity contribution in [2.24, 2.45) is 0 Å². The zero-order valence-corrected chi connectivity index (χ0v) is 12.6. The van der Waals surface area contributed by atoms with Crippen molar-refractivity contribution in [2.45, 2.75) is 39.2 Å². The average Bonchev–Trinajstić information content (AvgIpc) is 2.80. The van der Waals surface area contributed by atoms with Gasteiger partial charge >= 0.3 is 0 Å². The van der Waals surface area contributed by atoms with Crippen LogP contribution in [-0.2, 0) is 23.2 Å². The lowest BCUT2D eigenvalue weighted by Crippen LogP contribution is -2.30. The molecule has 0 spiro atoms. The Morgan fingerprint density at radius 3 is 2.67 bits per heavy atom. The number of hydrogen-bond donors (Lipinski definition) is 2. The Hall–Kier alpha value is -2.30. The summed E-state index contributed by atoms with van der Waals surface area (Å²) in [5, 5.41) is 7.46. The molecule has 1 aromatic carbocycles. The second-order valence-electron chi connectivity index (χ2n) is 6.52. The highest BCUT2D eigenvalue weighted by Gasteiger charge is 2.20. The number of rotatable bonds is 1. The Balaban J connectivity index is 2.03. The largest absolute Gasteiger partial charge is 0.384 e. The van der Waals surface area contributed by atoms with Gasteiger partial charge in [0.1, 0.15) is 5.82 Å². The van der Waals surface area contributed by atoms with Crippen molar-refractivity contribution in [3.05, 3.63) is 41.1 Å². The molecule has 5 nitrogen and oxygen atoms in total. The zero-order chi connectivity index (χ0) is 15.2. The molecule has 0 unspecified atom stereocenters. The number of hydrogen-bond acceptors (Lipinski definition) is 3. The van der Waals surface area contributed by atoms with E-state index in [1.165, 1.54) is 0 Å². The number of anilines is 1. The van der Waals surface area contributed by atoms with Gasteiger partial charge in [0, 0.05) is 18.0 Å².